The number of carboxylic acids is 1. The summed E-state index contributed by atoms with van der Waals surface area (Å²) in [5.74, 6) is -0.868. The van der Waals surface area contributed by atoms with Gasteiger partial charge in [-0.2, -0.15) is 0 Å². The summed E-state index contributed by atoms with van der Waals surface area (Å²) in [6, 6.07) is 3.78. The Balaban J connectivity index is 1.81. The number of ether oxygens (including phenoxy) is 1. The fourth-order valence-electron chi connectivity index (χ4n) is 2.22. The van der Waals surface area contributed by atoms with Crippen molar-refractivity contribution in [2.45, 2.75) is 25.4 Å². The third-order valence-electron chi connectivity index (χ3n) is 3.24. The van der Waals surface area contributed by atoms with Crippen molar-refractivity contribution < 1.29 is 19.4 Å². The Morgan fingerprint density at radius 1 is 1.50 bits per heavy atom. The van der Waals surface area contributed by atoms with Crippen molar-refractivity contribution in [1.29, 1.82) is 0 Å². The molecule has 1 aromatic heterocycles. The highest BCUT2D eigenvalue weighted by atomic mass is 16.5. The number of pyridine rings is 1. The molecular weight excluding hydrogens is 260 g/mol. The van der Waals surface area contributed by atoms with E-state index in [4.69, 9.17) is 9.84 Å². The van der Waals surface area contributed by atoms with E-state index < -0.39 is 12.1 Å². The first-order valence-electron chi connectivity index (χ1n) is 6.65. The van der Waals surface area contributed by atoms with Crippen LogP contribution in [0, 0.1) is 0 Å². The lowest BCUT2D eigenvalue weighted by Crippen LogP contribution is -2.46. The molecule has 0 spiro atoms. The van der Waals surface area contributed by atoms with Crippen LogP contribution in [0.25, 0.3) is 0 Å². The number of carbonyl (C=O) groups is 2. The minimum absolute atomic E-state index is 0.0348. The molecule has 6 heteroatoms. The quantitative estimate of drug-likeness (QED) is 0.858. The van der Waals surface area contributed by atoms with Crippen LogP contribution in [-0.2, 0) is 20.7 Å². The summed E-state index contributed by atoms with van der Waals surface area (Å²) in [6.07, 6.45) is 4.04. The maximum atomic E-state index is 12.1. The molecule has 0 saturated carbocycles. The first kappa shape index (κ1) is 14.5. The lowest BCUT2D eigenvalue weighted by molar-refractivity contribution is -0.147. The van der Waals surface area contributed by atoms with Gasteiger partial charge in [0.15, 0.2) is 0 Å². The van der Waals surface area contributed by atoms with Crippen LogP contribution in [0.1, 0.15) is 18.4 Å². The second kappa shape index (κ2) is 7.00. The number of aromatic nitrogens is 1. The normalized spacial score (nSPS) is 18.8. The molecule has 1 atom stereocenters. The van der Waals surface area contributed by atoms with Crippen LogP contribution >= 0.6 is 0 Å². The van der Waals surface area contributed by atoms with Gasteiger partial charge in [-0.15, -0.1) is 0 Å². The lowest BCUT2D eigenvalue weighted by atomic mass is 10.1. The Kier molecular flexibility index (Phi) is 5.06. The number of nitrogens with zero attached hydrogens (tertiary/aromatic N) is 2. The third-order valence-corrected chi connectivity index (χ3v) is 3.24. The predicted octanol–water partition coefficient (Wildman–Crippen LogP) is 0.716. The molecule has 1 unspecified atom stereocenters. The second-order valence-corrected chi connectivity index (χ2v) is 4.79. The first-order valence-corrected chi connectivity index (χ1v) is 6.65. The van der Waals surface area contributed by atoms with Gasteiger partial charge in [0.2, 0.25) is 5.91 Å². The minimum Gasteiger partial charge on any atom is -0.481 e. The Bertz CT molecular complexity index is 464. The van der Waals surface area contributed by atoms with Crippen LogP contribution in [-0.4, -0.2) is 52.7 Å². The molecule has 20 heavy (non-hydrogen) atoms. The Morgan fingerprint density at radius 2 is 2.35 bits per heavy atom. The monoisotopic (exact) mass is 278 g/mol. The molecule has 6 nitrogen and oxygen atoms in total. The minimum atomic E-state index is -0.903. The zero-order valence-corrected chi connectivity index (χ0v) is 11.2. The van der Waals surface area contributed by atoms with E-state index in [0.717, 1.165) is 5.56 Å². The molecule has 0 bridgehead atoms. The molecule has 1 fully saturated rings. The SMILES string of the molecule is O=C(O)CC1CN(C(=O)CCc2cccnc2)CCO1. The van der Waals surface area contributed by atoms with Crippen molar-refractivity contribution in [2.75, 3.05) is 19.7 Å². The molecule has 0 aliphatic carbocycles. The summed E-state index contributed by atoms with van der Waals surface area (Å²) in [7, 11) is 0. The number of amides is 1. The van der Waals surface area contributed by atoms with E-state index in [0.29, 0.717) is 32.5 Å². The van der Waals surface area contributed by atoms with Crippen molar-refractivity contribution in [3.63, 3.8) is 0 Å². The molecule has 1 aromatic rings. The van der Waals surface area contributed by atoms with Crippen LogP contribution in [0.15, 0.2) is 24.5 Å². The van der Waals surface area contributed by atoms with Crippen molar-refractivity contribution >= 4 is 11.9 Å². The van der Waals surface area contributed by atoms with Gasteiger partial charge >= 0.3 is 5.97 Å². The number of rotatable bonds is 5. The molecule has 1 saturated heterocycles. The zero-order chi connectivity index (χ0) is 14.4. The zero-order valence-electron chi connectivity index (χ0n) is 11.2. The van der Waals surface area contributed by atoms with Gasteiger partial charge in [0.1, 0.15) is 0 Å². The fraction of sp³-hybridized carbons (Fsp3) is 0.500. The van der Waals surface area contributed by atoms with E-state index in [1.54, 1.807) is 17.3 Å². The summed E-state index contributed by atoms with van der Waals surface area (Å²) >= 11 is 0. The maximum absolute atomic E-state index is 12.1. The van der Waals surface area contributed by atoms with Crippen LogP contribution < -0.4 is 0 Å². The molecule has 0 aromatic carbocycles. The fourth-order valence-corrected chi connectivity index (χ4v) is 2.22. The number of hydrogen-bond donors (Lipinski definition) is 1. The Morgan fingerprint density at radius 3 is 3.05 bits per heavy atom. The molecule has 2 heterocycles. The van der Waals surface area contributed by atoms with Crippen molar-refractivity contribution in [3.8, 4) is 0 Å². The van der Waals surface area contributed by atoms with Crippen molar-refractivity contribution in [3.05, 3.63) is 30.1 Å². The van der Waals surface area contributed by atoms with E-state index in [2.05, 4.69) is 4.98 Å². The van der Waals surface area contributed by atoms with Gasteiger partial charge in [-0.1, -0.05) is 6.07 Å². The van der Waals surface area contributed by atoms with Gasteiger partial charge in [0.05, 0.1) is 19.1 Å². The number of carboxylic acid groups (broad SMARTS) is 1. The largest absolute Gasteiger partial charge is 0.481 e. The number of morpholine rings is 1. The summed E-state index contributed by atoms with van der Waals surface area (Å²) in [5.41, 5.74) is 1.02. The molecule has 1 N–H and O–H groups in total. The van der Waals surface area contributed by atoms with E-state index in [9.17, 15) is 9.59 Å². The standard InChI is InChI=1S/C14H18N2O4/c17-13(4-3-11-2-1-5-15-9-11)16-6-7-20-12(10-16)8-14(18)19/h1-2,5,9,12H,3-4,6-8,10H2,(H,18,19). The highest BCUT2D eigenvalue weighted by Crippen LogP contribution is 2.11. The number of aryl methyl sites for hydroxylation is 1. The van der Waals surface area contributed by atoms with E-state index >= 15 is 0 Å². The average molecular weight is 278 g/mol. The van der Waals surface area contributed by atoms with Crippen LogP contribution in [0.4, 0.5) is 0 Å². The van der Waals surface area contributed by atoms with Gasteiger partial charge in [-0.3, -0.25) is 14.6 Å². The van der Waals surface area contributed by atoms with Crippen LogP contribution in [0.3, 0.4) is 0 Å². The van der Waals surface area contributed by atoms with Gasteiger partial charge in [-0.25, -0.2) is 0 Å². The van der Waals surface area contributed by atoms with Crippen LogP contribution in [0.5, 0.6) is 0 Å². The number of hydrogen-bond acceptors (Lipinski definition) is 4. The highest BCUT2D eigenvalue weighted by Gasteiger charge is 2.25. The summed E-state index contributed by atoms with van der Waals surface area (Å²) < 4.78 is 5.35. The molecule has 108 valence electrons. The summed E-state index contributed by atoms with van der Waals surface area (Å²) in [5, 5.41) is 8.75. The highest BCUT2D eigenvalue weighted by molar-refractivity contribution is 5.76. The van der Waals surface area contributed by atoms with Gasteiger partial charge in [-0.05, 0) is 18.1 Å². The summed E-state index contributed by atoms with van der Waals surface area (Å²) in [6.45, 7) is 1.29. The predicted molar refractivity (Wildman–Crippen MR) is 71.1 cm³/mol. The first-order chi connectivity index (χ1) is 9.65. The topological polar surface area (TPSA) is 79.7 Å². The van der Waals surface area contributed by atoms with Gasteiger partial charge < -0.3 is 14.7 Å². The molecular formula is C14H18N2O4. The number of aliphatic carboxylic acids is 1. The van der Waals surface area contributed by atoms with Crippen LogP contribution in [0.2, 0.25) is 0 Å². The Labute approximate surface area is 117 Å². The van der Waals surface area contributed by atoms with Gasteiger partial charge in [0.25, 0.3) is 0 Å². The van der Waals surface area contributed by atoms with E-state index in [-0.39, 0.29) is 12.3 Å². The van der Waals surface area contributed by atoms with E-state index in [1.807, 2.05) is 12.1 Å². The molecule has 1 aliphatic rings. The van der Waals surface area contributed by atoms with Crippen molar-refractivity contribution in [2.24, 2.45) is 0 Å². The van der Waals surface area contributed by atoms with Crippen molar-refractivity contribution in [1.82, 2.24) is 9.88 Å². The van der Waals surface area contributed by atoms with E-state index in [1.165, 1.54) is 0 Å². The number of carbonyl (C=O) groups excluding carboxylic acids is 1. The molecule has 1 aliphatic heterocycles. The maximum Gasteiger partial charge on any atom is 0.306 e. The summed E-state index contributed by atoms with van der Waals surface area (Å²) in [4.78, 5) is 28.5. The molecule has 2 rings (SSSR count). The van der Waals surface area contributed by atoms with Gasteiger partial charge in [0, 0.05) is 31.9 Å². The third kappa shape index (κ3) is 4.31. The molecule has 1 amide bonds. The Hall–Kier alpha value is -1.95. The lowest BCUT2D eigenvalue weighted by Gasteiger charge is -2.32. The second-order valence-electron chi connectivity index (χ2n) is 4.79. The average Bonchev–Trinajstić information content (AvgIpc) is 2.45. The molecule has 0 radical (unpaired) electrons. The smallest absolute Gasteiger partial charge is 0.306 e.